The number of aromatic nitrogens is 2. The van der Waals surface area contributed by atoms with Crippen LogP contribution in [-0.2, 0) is 6.54 Å². The van der Waals surface area contributed by atoms with Gasteiger partial charge < -0.3 is 5.32 Å². The van der Waals surface area contributed by atoms with E-state index in [1.54, 1.807) is 11.8 Å². The Morgan fingerprint density at radius 3 is 2.15 bits per heavy atom. The Balaban J connectivity index is 1.43. The second kappa shape index (κ2) is 4.99. The van der Waals surface area contributed by atoms with E-state index in [1.165, 1.54) is 44.1 Å². The van der Waals surface area contributed by atoms with Gasteiger partial charge in [0.15, 0.2) is 5.16 Å². The quantitative estimate of drug-likeness (QED) is 0.682. The van der Waals surface area contributed by atoms with Crippen molar-refractivity contribution in [2.45, 2.75) is 55.8 Å². The summed E-state index contributed by atoms with van der Waals surface area (Å²) in [5.74, 6) is 3.01. The Kier molecular flexibility index (Phi) is 3.26. The number of thioether (sulfide) groups is 1. The fourth-order valence-corrected chi connectivity index (χ4v) is 5.47. The summed E-state index contributed by atoms with van der Waals surface area (Å²) >= 11 is 1.60. The Labute approximate surface area is 125 Å². The lowest BCUT2D eigenvalue weighted by atomic mass is 9.53. The highest BCUT2D eigenvalue weighted by Gasteiger charge is 2.50. The zero-order valence-corrected chi connectivity index (χ0v) is 13.0. The summed E-state index contributed by atoms with van der Waals surface area (Å²) in [4.78, 5) is 8.75. The molecule has 4 fully saturated rings. The van der Waals surface area contributed by atoms with Crippen LogP contribution in [0.5, 0.6) is 0 Å². The van der Waals surface area contributed by atoms with Crippen LogP contribution in [0.1, 0.15) is 44.1 Å². The normalized spacial score (nSPS) is 38.4. The van der Waals surface area contributed by atoms with Crippen molar-refractivity contribution >= 4 is 11.8 Å². The molecule has 4 bridgehead atoms. The molecule has 5 rings (SSSR count). The third-order valence-corrected chi connectivity index (χ3v) is 6.15. The molecule has 3 nitrogen and oxygen atoms in total. The molecule has 4 aliphatic rings. The van der Waals surface area contributed by atoms with Crippen LogP contribution < -0.4 is 5.32 Å². The first-order valence-electron chi connectivity index (χ1n) is 7.85. The van der Waals surface area contributed by atoms with Gasteiger partial charge in [0, 0.05) is 30.0 Å². The van der Waals surface area contributed by atoms with Gasteiger partial charge in [-0.05, 0) is 62.5 Å². The molecule has 108 valence electrons. The van der Waals surface area contributed by atoms with Gasteiger partial charge in [-0.2, -0.15) is 0 Å². The van der Waals surface area contributed by atoms with Gasteiger partial charge in [0.25, 0.3) is 0 Å². The van der Waals surface area contributed by atoms with Crippen molar-refractivity contribution in [1.82, 2.24) is 15.3 Å². The van der Waals surface area contributed by atoms with Crippen molar-refractivity contribution in [2.24, 2.45) is 17.8 Å². The zero-order valence-electron chi connectivity index (χ0n) is 12.1. The van der Waals surface area contributed by atoms with Crippen LogP contribution in [0.3, 0.4) is 0 Å². The van der Waals surface area contributed by atoms with E-state index in [1.807, 2.05) is 18.6 Å². The van der Waals surface area contributed by atoms with Gasteiger partial charge in [0.2, 0.25) is 0 Å². The number of hydrogen-bond donors (Lipinski definition) is 1. The van der Waals surface area contributed by atoms with Crippen LogP contribution in [0, 0.1) is 17.8 Å². The molecule has 4 heteroatoms. The fourth-order valence-electron chi connectivity index (χ4n) is 5.16. The maximum atomic E-state index is 4.37. The lowest BCUT2D eigenvalue weighted by Gasteiger charge is -2.57. The first-order valence-corrected chi connectivity index (χ1v) is 9.07. The van der Waals surface area contributed by atoms with Gasteiger partial charge in [-0.15, -0.1) is 0 Å². The molecule has 1 aromatic rings. The highest BCUT2D eigenvalue weighted by atomic mass is 32.2. The molecule has 1 aromatic heterocycles. The van der Waals surface area contributed by atoms with Gasteiger partial charge in [-0.3, -0.25) is 0 Å². The molecule has 0 unspecified atom stereocenters. The van der Waals surface area contributed by atoms with Crippen LogP contribution in [0.15, 0.2) is 17.6 Å². The first-order chi connectivity index (χ1) is 9.75. The van der Waals surface area contributed by atoms with Gasteiger partial charge in [0.1, 0.15) is 0 Å². The molecule has 0 atom stereocenters. The molecule has 0 spiro atoms. The van der Waals surface area contributed by atoms with Crippen molar-refractivity contribution in [3.63, 3.8) is 0 Å². The Hall–Kier alpha value is -0.610. The van der Waals surface area contributed by atoms with Crippen LogP contribution in [0.25, 0.3) is 0 Å². The third-order valence-electron chi connectivity index (χ3n) is 5.57. The summed E-state index contributed by atoms with van der Waals surface area (Å²) in [6.07, 6.45) is 14.7. The number of nitrogens with one attached hydrogen (secondary N) is 1. The topological polar surface area (TPSA) is 37.8 Å². The molecular weight excluding hydrogens is 266 g/mol. The maximum absolute atomic E-state index is 4.37. The minimum Gasteiger partial charge on any atom is -0.307 e. The van der Waals surface area contributed by atoms with E-state index in [0.717, 1.165) is 29.5 Å². The van der Waals surface area contributed by atoms with Crippen LogP contribution >= 0.6 is 11.8 Å². The van der Waals surface area contributed by atoms with Crippen molar-refractivity contribution in [2.75, 3.05) is 6.26 Å². The van der Waals surface area contributed by atoms with Crippen molar-refractivity contribution in [3.8, 4) is 0 Å². The van der Waals surface area contributed by atoms with E-state index in [4.69, 9.17) is 0 Å². The van der Waals surface area contributed by atoms with E-state index in [-0.39, 0.29) is 0 Å². The average Bonchev–Trinajstić information content (AvgIpc) is 2.44. The molecule has 0 radical (unpaired) electrons. The zero-order chi connectivity index (χ0) is 13.6. The minimum atomic E-state index is 0.437. The molecule has 0 saturated heterocycles. The van der Waals surface area contributed by atoms with E-state index in [2.05, 4.69) is 15.3 Å². The molecule has 4 aliphatic carbocycles. The van der Waals surface area contributed by atoms with E-state index >= 15 is 0 Å². The molecule has 0 amide bonds. The summed E-state index contributed by atoms with van der Waals surface area (Å²) in [6.45, 7) is 0.931. The Morgan fingerprint density at radius 1 is 1.10 bits per heavy atom. The number of rotatable bonds is 4. The van der Waals surface area contributed by atoms with E-state index in [9.17, 15) is 0 Å². The molecule has 1 heterocycles. The number of hydrogen-bond acceptors (Lipinski definition) is 4. The molecule has 4 saturated carbocycles. The SMILES string of the molecule is CSc1ncc(CNC23CC4CC(CC(C4)C2)C3)cn1. The largest absolute Gasteiger partial charge is 0.307 e. The lowest BCUT2D eigenvalue weighted by Crippen LogP contribution is -2.58. The third kappa shape index (κ3) is 2.37. The molecular formula is C16H23N3S. The van der Waals surface area contributed by atoms with Gasteiger partial charge in [0.05, 0.1) is 0 Å². The monoisotopic (exact) mass is 289 g/mol. The second-order valence-corrected chi connectivity index (χ2v) is 7.90. The van der Waals surface area contributed by atoms with Gasteiger partial charge in [-0.25, -0.2) is 9.97 Å². The minimum absolute atomic E-state index is 0.437. The van der Waals surface area contributed by atoms with Crippen molar-refractivity contribution in [1.29, 1.82) is 0 Å². The van der Waals surface area contributed by atoms with Gasteiger partial charge >= 0.3 is 0 Å². The van der Waals surface area contributed by atoms with Crippen LogP contribution in [0.4, 0.5) is 0 Å². The fraction of sp³-hybridized carbons (Fsp3) is 0.750. The van der Waals surface area contributed by atoms with E-state index in [0.29, 0.717) is 5.54 Å². The average molecular weight is 289 g/mol. The van der Waals surface area contributed by atoms with Crippen LogP contribution in [0.2, 0.25) is 0 Å². The molecule has 20 heavy (non-hydrogen) atoms. The highest BCUT2D eigenvalue weighted by Crippen LogP contribution is 2.55. The summed E-state index contributed by atoms with van der Waals surface area (Å²) in [5, 5.41) is 4.76. The van der Waals surface area contributed by atoms with Crippen molar-refractivity contribution < 1.29 is 0 Å². The Morgan fingerprint density at radius 2 is 1.65 bits per heavy atom. The predicted molar refractivity (Wildman–Crippen MR) is 81.6 cm³/mol. The first kappa shape index (κ1) is 13.1. The Bertz CT molecular complexity index is 450. The smallest absolute Gasteiger partial charge is 0.187 e. The summed E-state index contributed by atoms with van der Waals surface area (Å²) < 4.78 is 0. The maximum Gasteiger partial charge on any atom is 0.187 e. The predicted octanol–water partition coefficient (Wildman–Crippen LogP) is 3.26. The number of nitrogens with zero attached hydrogens (tertiary/aromatic N) is 2. The molecule has 0 aliphatic heterocycles. The standard InChI is InChI=1S/C16H23N3S/c1-20-15-17-8-14(9-18-15)10-19-16-5-11-2-12(6-16)4-13(3-11)7-16/h8-9,11-13,19H,2-7,10H2,1H3. The second-order valence-electron chi connectivity index (χ2n) is 7.13. The molecule has 1 N–H and O–H groups in total. The van der Waals surface area contributed by atoms with Crippen molar-refractivity contribution in [3.05, 3.63) is 18.0 Å². The lowest BCUT2D eigenvalue weighted by molar-refractivity contribution is -0.0206. The molecule has 0 aromatic carbocycles. The van der Waals surface area contributed by atoms with E-state index < -0.39 is 0 Å². The summed E-state index contributed by atoms with van der Waals surface area (Å²) in [6, 6.07) is 0. The van der Waals surface area contributed by atoms with Crippen LogP contribution in [-0.4, -0.2) is 21.8 Å². The van der Waals surface area contributed by atoms with Gasteiger partial charge in [-0.1, -0.05) is 11.8 Å². The summed E-state index contributed by atoms with van der Waals surface area (Å²) in [5.41, 5.74) is 1.66. The highest BCUT2D eigenvalue weighted by molar-refractivity contribution is 7.98. The summed E-state index contributed by atoms with van der Waals surface area (Å²) in [7, 11) is 0.